The van der Waals surface area contributed by atoms with Gasteiger partial charge in [-0.25, -0.2) is 9.13 Å². The summed E-state index contributed by atoms with van der Waals surface area (Å²) >= 11 is 0. The van der Waals surface area contributed by atoms with Crippen LogP contribution in [0.3, 0.4) is 0 Å². The fourth-order valence-electron chi connectivity index (χ4n) is 10.2. The first-order valence-corrected chi connectivity index (χ1v) is 38.8. The molecule has 0 aliphatic rings. The van der Waals surface area contributed by atoms with E-state index in [9.17, 15) is 43.2 Å². The molecule has 5 unspecified atom stereocenters. The van der Waals surface area contributed by atoms with Crippen molar-refractivity contribution in [2.24, 2.45) is 23.7 Å². The van der Waals surface area contributed by atoms with Gasteiger partial charge in [-0.05, 0) is 49.4 Å². The molecule has 0 spiro atoms. The predicted octanol–water partition coefficient (Wildman–Crippen LogP) is 19.3. The van der Waals surface area contributed by atoms with E-state index in [1.165, 1.54) is 135 Å². The molecule has 0 aromatic carbocycles. The minimum atomic E-state index is -4.95. The molecule has 0 aromatic rings. The van der Waals surface area contributed by atoms with Crippen LogP contribution in [0.1, 0.15) is 338 Å². The number of hydrogen-bond acceptors (Lipinski definition) is 15. The fourth-order valence-corrected chi connectivity index (χ4v) is 11.8. The lowest BCUT2D eigenvalue weighted by atomic mass is 9.99. The zero-order valence-electron chi connectivity index (χ0n) is 57.3. The van der Waals surface area contributed by atoms with Crippen molar-refractivity contribution in [2.75, 3.05) is 39.6 Å². The first-order valence-electron chi connectivity index (χ1n) is 35.8. The van der Waals surface area contributed by atoms with Crippen molar-refractivity contribution in [2.45, 2.75) is 356 Å². The average Bonchev–Trinajstić information content (AvgIpc) is 3.59. The second-order valence-electron chi connectivity index (χ2n) is 26.4. The maximum absolute atomic E-state index is 13.0. The molecule has 0 aromatic heterocycles. The van der Waals surface area contributed by atoms with Crippen molar-refractivity contribution in [1.82, 2.24) is 0 Å². The molecular formula is C69H134O17P2. The molecule has 3 N–H and O–H groups in total. The lowest BCUT2D eigenvalue weighted by Gasteiger charge is -2.21. The van der Waals surface area contributed by atoms with Crippen molar-refractivity contribution in [3.8, 4) is 0 Å². The maximum atomic E-state index is 13.0. The number of hydrogen-bond donors (Lipinski definition) is 3. The van der Waals surface area contributed by atoms with Crippen molar-refractivity contribution in [1.29, 1.82) is 0 Å². The summed E-state index contributed by atoms with van der Waals surface area (Å²) in [6.45, 7) is 14.1. The topological polar surface area (TPSA) is 237 Å². The SMILES string of the molecule is CCC(C)CCCCCCCCCCCCC(=O)O[C@H](COC(=O)CCCCCCCCCCCCCC(C)C)COP(=O)(O)OCC(O)COP(=O)(O)OC[C@@H](COC(=O)CCCCCCCCCC(C)C)OC(=O)CCCCCCCCC(C)CC. The van der Waals surface area contributed by atoms with Crippen LogP contribution in [-0.4, -0.2) is 96.7 Å². The number of rotatable bonds is 66. The molecule has 0 rings (SSSR count). The highest BCUT2D eigenvalue weighted by atomic mass is 31.2. The molecule has 0 aliphatic heterocycles. The summed E-state index contributed by atoms with van der Waals surface area (Å²) in [5.74, 6) is 0.865. The molecule has 7 atom stereocenters. The number of esters is 4. The van der Waals surface area contributed by atoms with Gasteiger partial charge in [0.15, 0.2) is 12.2 Å². The molecule has 522 valence electrons. The van der Waals surface area contributed by atoms with Gasteiger partial charge in [-0.1, -0.05) is 287 Å². The number of phosphoric acid groups is 2. The minimum absolute atomic E-state index is 0.102. The van der Waals surface area contributed by atoms with Crippen LogP contribution in [0.4, 0.5) is 0 Å². The summed E-state index contributed by atoms with van der Waals surface area (Å²) < 4.78 is 68.2. The standard InChI is InChI=1S/C69H134O17P2/c1-9-61(7)47-39-31-23-17-14-15-19-25-35-43-51-68(73)85-64(55-79-66(71)49-41-33-24-18-13-11-12-16-21-29-37-45-59(3)4)57-83-87(75,76)81-53-63(70)54-82-88(77,78)84-58-65(86-69(74)52-44-36-28-27-32-40-48-62(8)10-2)56-80-67(72)50-42-34-26-20-22-30-38-46-60(5)6/h59-65,70H,9-58H2,1-8H3,(H,75,76)(H,77,78)/t61?,62?,63?,64-,65-/m1/s1. The Morgan fingerprint density at radius 3 is 0.807 bits per heavy atom. The van der Waals surface area contributed by atoms with E-state index in [4.69, 9.17) is 37.0 Å². The second-order valence-corrected chi connectivity index (χ2v) is 29.3. The van der Waals surface area contributed by atoms with Gasteiger partial charge in [-0.15, -0.1) is 0 Å². The lowest BCUT2D eigenvalue weighted by molar-refractivity contribution is -0.161. The zero-order chi connectivity index (χ0) is 65.4. The normalized spacial score (nSPS) is 14.9. The Morgan fingerprint density at radius 1 is 0.318 bits per heavy atom. The molecule has 0 radical (unpaired) electrons. The van der Waals surface area contributed by atoms with E-state index >= 15 is 0 Å². The molecule has 17 nitrogen and oxygen atoms in total. The number of unbranched alkanes of at least 4 members (excludes halogenated alkanes) is 30. The van der Waals surface area contributed by atoms with Gasteiger partial charge >= 0.3 is 39.5 Å². The van der Waals surface area contributed by atoms with Crippen LogP contribution in [0.25, 0.3) is 0 Å². The van der Waals surface area contributed by atoms with Gasteiger partial charge < -0.3 is 33.8 Å². The third kappa shape index (κ3) is 60.3. The minimum Gasteiger partial charge on any atom is -0.462 e. The molecule has 88 heavy (non-hydrogen) atoms. The van der Waals surface area contributed by atoms with Gasteiger partial charge in [0.05, 0.1) is 26.4 Å². The van der Waals surface area contributed by atoms with E-state index < -0.39 is 97.5 Å². The first kappa shape index (κ1) is 86.1. The molecule has 0 fully saturated rings. The molecule has 0 saturated carbocycles. The largest absolute Gasteiger partial charge is 0.472 e. The molecule has 0 heterocycles. The number of carbonyl (C=O) groups is 4. The number of carbonyl (C=O) groups excluding carboxylic acids is 4. The molecule has 0 amide bonds. The van der Waals surface area contributed by atoms with Crippen LogP contribution in [0.2, 0.25) is 0 Å². The van der Waals surface area contributed by atoms with Gasteiger partial charge in [-0.3, -0.25) is 37.3 Å². The van der Waals surface area contributed by atoms with Gasteiger partial charge in [0.25, 0.3) is 0 Å². The van der Waals surface area contributed by atoms with Crippen LogP contribution in [0, 0.1) is 23.7 Å². The predicted molar refractivity (Wildman–Crippen MR) is 354 cm³/mol. The third-order valence-corrected chi connectivity index (χ3v) is 18.4. The van der Waals surface area contributed by atoms with Gasteiger partial charge in [0, 0.05) is 25.7 Å². The van der Waals surface area contributed by atoms with Gasteiger partial charge in [0.1, 0.15) is 19.3 Å². The number of phosphoric ester groups is 2. The van der Waals surface area contributed by atoms with Gasteiger partial charge in [-0.2, -0.15) is 0 Å². The summed E-state index contributed by atoms with van der Waals surface area (Å²) in [6, 6.07) is 0. The van der Waals surface area contributed by atoms with Crippen LogP contribution in [0.15, 0.2) is 0 Å². The third-order valence-electron chi connectivity index (χ3n) is 16.5. The quantitative estimate of drug-likeness (QED) is 0.0222. The first-order chi connectivity index (χ1) is 42.2. The number of ether oxygens (including phenoxy) is 4. The zero-order valence-corrected chi connectivity index (χ0v) is 59.1. The van der Waals surface area contributed by atoms with Gasteiger partial charge in [0.2, 0.25) is 0 Å². The Kier molecular flexibility index (Phi) is 57.6. The Balaban J connectivity index is 5.26. The van der Waals surface area contributed by atoms with Crippen LogP contribution >= 0.6 is 15.6 Å². The number of aliphatic hydroxyl groups excluding tert-OH is 1. The average molecular weight is 1300 g/mol. The summed E-state index contributed by atoms with van der Waals surface area (Å²) in [7, 11) is -9.90. The van der Waals surface area contributed by atoms with Crippen LogP contribution in [-0.2, 0) is 65.4 Å². The Labute approximate surface area is 537 Å². The van der Waals surface area contributed by atoms with Crippen molar-refractivity contribution < 1.29 is 80.2 Å². The lowest BCUT2D eigenvalue weighted by Crippen LogP contribution is -2.30. The summed E-state index contributed by atoms with van der Waals surface area (Å²) in [6.07, 6.45) is 40.3. The molecule has 19 heteroatoms. The second kappa shape index (κ2) is 58.8. The molecule has 0 bridgehead atoms. The Hall–Kier alpha value is -1.94. The Morgan fingerprint density at radius 2 is 0.545 bits per heavy atom. The van der Waals surface area contributed by atoms with E-state index in [1.807, 2.05) is 0 Å². The van der Waals surface area contributed by atoms with Crippen molar-refractivity contribution in [3.05, 3.63) is 0 Å². The van der Waals surface area contributed by atoms with Crippen molar-refractivity contribution in [3.63, 3.8) is 0 Å². The molecular weight excluding hydrogens is 1160 g/mol. The fraction of sp³-hybridized carbons (Fsp3) is 0.942. The molecule has 0 aliphatic carbocycles. The highest BCUT2D eigenvalue weighted by Crippen LogP contribution is 2.45. The number of aliphatic hydroxyl groups is 1. The van der Waals surface area contributed by atoms with Crippen LogP contribution in [0.5, 0.6) is 0 Å². The van der Waals surface area contributed by atoms with E-state index in [0.717, 1.165) is 114 Å². The molecule has 0 saturated heterocycles. The maximum Gasteiger partial charge on any atom is 0.472 e. The van der Waals surface area contributed by atoms with Crippen LogP contribution < -0.4 is 0 Å². The van der Waals surface area contributed by atoms with E-state index in [1.54, 1.807) is 0 Å². The highest BCUT2D eigenvalue weighted by Gasteiger charge is 2.30. The van der Waals surface area contributed by atoms with Crippen molar-refractivity contribution >= 4 is 39.5 Å². The smallest absolute Gasteiger partial charge is 0.462 e. The van der Waals surface area contributed by atoms with E-state index in [-0.39, 0.29) is 25.7 Å². The summed E-state index contributed by atoms with van der Waals surface area (Å²) in [4.78, 5) is 72.5. The monoisotopic (exact) mass is 1300 g/mol. The Bertz CT molecular complexity index is 1750. The summed E-state index contributed by atoms with van der Waals surface area (Å²) in [5.41, 5.74) is 0. The van der Waals surface area contributed by atoms with E-state index in [2.05, 4.69) is 55.4 Å². The summed E-state index contributed by atoms with van der Waals surface area (Å²) in [5, 5.41) is 10.6. The highest BCUT2D eigenvalue weighted by molar-refractivity contribution is 7.47. The van der Waals surface area contributed by atoms with E-state index in [0.29, 0.717) is 31.6 Å².